The highest BCUT2D eigenvalue weighted by molar-refractivity contribution is 5.84. The van der Waals surface area contributed by atoms with Gasteiger partial charge in [-0.3, -0.25) is 4.79 Å². The molecule has 0 aliphatic heterocycles. The maximum absolute atomic E-state index is 13.9. The predicted octanol–water partition coefficient (Wildman–Crippen LogP) is 5.22. The van der Waals surface area contributed by atoms with E-state index in [0.29, 0.717) is 12.2 Å². The molecule has 0 N–H and O–H groups in total. The SMILES string of the molecule is CCCOC(=O)[C@@H](C)Oc1ccc2c(=O)c(-c3ccc(OC)c(OC)c3)c(C(F)(F)F)oc2c1. The number of carbonyl (C=O) groups excluding carboxylic acids is 1. The van der Waals surface area contributed by atoms with Crippen molar-refractivity contribution in [3.8, 4) is 28.4 Å². The van der Waals surface area contributed by atoms with Gasteiger partial charge in [0.05, 0.1) is 31.8 Å². The summed E-state index contributed by atoms with van der Waals surface area (Å²) in [4.78, 5) is 25.1. The van der Waals surface area contributed by atoms with E-state index in [9.17, 15) is 22.8 Å². The maximum atomic E-state index is 13.9. The number of halogens is 3. The van der Waals surface area contributed by atoms with Crippen LogP contribution in [-0.2, 0) is 15.7 Å². The van der Waals surface area contributed by atoms with Gasteiger partial charge in [-0.05, 0) is 43.2 Å². The molecule has 1 atom stereocenters. The zero-order valence-electron chi connectivity index (χ0n) is 18.9. The third-order valence-electron chi connectivity index (χ3n) is 4.89. The van der Waals surface area contributed by atoms with E-state index in [1.165, 1.54) is 51.5 Å². The third-order valence-corrected chi connectivity index (χ3v) is 4.89. The standard InChI is InChI=1S/C24H23F3O7/c1-5-10-32-23(29)13(2)33-15-7-8-16-18(12-15)34-22(24(25,26)27)20(21(16)28)14-6-9-17(30-3)19(11-14)31-4/h6-9,11-13H,5,10H2,1-4H3/t13-/m1/s1. The summed E-state index contributed by atoms with van der Waals surface area (Å²) in [6.07, 6.45) is -5.35. The number of hydrogen-bond acceptors (Lipinski definition) is 7. The Morgan fingerprint density at radius 2 is 1.76 bits per heavy atom. The number of esters is 1. The van der Waals surface area contributed by atoms with Crippen molar-refractivity contribution in [2.24, 2.45) is 0 Å². The Labute approximate surface area is 193 Å². The minimum Gasteiger partial charge on any atom is -0.493 e. The molecule has 3 rings (SSSR count). The molecule has 0 unspecified atom stereocenters. The lowest BCUT2D eigenvalue weighted by atomic mass is 10.0. The van der Waals surface area contributed by atoms with Crippen molar-refractivity contribution >= 4 is 16.9 Å². The van der Waals surface area contributed by atoms with Crippen LogP contribution in [0.2, 0.25) is 0 Å². The van der Waals surface area contributed by atoms with Gasteiger partial charge in [0.1, 0.15) is 11.3 Å². The van der Waals surface area contributed by atoms with Crippen molar-refractivity contribution < 1.29 is 41.3 Å². The van der Waals surface area contributed by atoms with E-state index in [1.807, 2.05) is 6.92 Å². The first kappa shape index (κ1) is 24.9. The summed E-state index contributed by atoms with van der Waals surface area (Å²) in [5.41, 5.74) is -1.93. The zero-order chi connectivity index (χ0) is 25.0. The van der Waals surface area contributed by atoms with Gasteiger partial charge in [-0.1, -0.05) is 13.0 Å². The molecular formula is C24H23F3O7. The average molecular weight is 480 g/mol. The number of benzene rings is 2. The molecule has 1 aromatic heterocycles. The number of fused-ring (bicyclic) bond motifs is 1. The molecule has 1 heterocycles. The van der Waals surface area contributed by atoms with Crippen molar-refractivity contribution in [1.29, 1.82) is 0 Å². The molecule has 0 bridgehead atoms. The molecule has 0 fully saturated rings. The highest BCUT2D eigenvalue weighted by atomic mass is 19.4. The Morgan fingerprint density at radius 1 is 1.06 bits per heavy atom. The molecule has 2 aromatic carbocycles. The first-order valence-corrected chi connectivity index (χ1v) is 10.3. The summed E-state index contributed by atoms with van der Waals surface area (Å²) >= 11 is 0. The molecule has 0 spiro atoms. The van der Waals surface area contributed by atoms with E-state index < -0.39 is 35.0 Å². The zero-order valence-corrected chi connectivity index (χ0v) is 18.9. The normalized spacial score (nSPS) is 12.3. The van der Waals surface area contributed by atoms with Crippen LogP contribution in [0.25, 0.3) is 22.1 Å². The van der Waals surface area contributed by atoms with Gasteiger partial charge in [-0.2, -0.15) is 13.2 Å². The van der Waals surface area contributed by atoms with Crippen LogP contribution in [0.15, 0.2) is 45.6 Å². The number of alkyl halides is 3. The van der Waals surface area contributed by atoms with Crippen LogP contribution < -0.4 is 19.6 Å². The monoisotopic (exact) mass is 480 g/mol. The fourth-order valence-corrected chi connectivity index (χ4v) is 3.27. The van der Waals surface area contributed by atoms with Crippen molar-refractivity contribution in [3.05, 3.63) is 52.4 Å². The maximum Gasteiger partial charge on any atom is 0.450 e. The summed E-state index contributed by atoms with van der Waals surface area (Å²) in [6.45, 7) is 3.49. The van der Waals surface area contributed by atoms with Crippen LogP contribution in [0.5, 0.6) is 17.2 Å². The highest BCUT2D eigenvalue weighted by Crippen LogP contribution is 2.40. The number of carbonyl (C=O) groups is 1. The van der Waals surface area contributed by atoms with E-state index >= 15 is 0 Å². The summed E-state index contributed by atoms with van der Waals surface area (Å²) < 4.78 is 67.7. The molecule has 7 nitrogen and oxygen atoms in total. The second-order valence-corrected chi connectivity index (χ2v) is 7.29. The summed E-state index contributed by atoms with van der Waals surface area (Å²) in [6, 6.07) is 7.77. The van der Waals surface area contributed by atoms with Gasteiger partial charge < -0.3 is 23.4 Å². The summed E-state index contributed by atoms with van der Waals surface area (Å²) in [5, 5.41) is -0.0913. The predicted molar refractivity (Wildman–Crippen MR) is 117 cm³/mol. The third kappa shape index (κ3) is 5.11. The second-order valence-electron chi connectivity index (χ2n) is 7.29. The van der Waals surface area contributed by atoms with Gasteiger partial charge in [0.15, 0.2) is 17.6 Å². The first-order valence-electron chi connectivity index (χ1n) is 10.3. The van der Waals surface area contributed by atoms with Crippen LogP contribution in [0, 0.1) is 0 Å². The van der Waals surface area contributed by atoms with E-state index in [1.54, 1.807) is 0 Å². The largest absolute Gasteiger partial charge is 0.493 e. The molecule has 34 heavy (non-hydrogen) atoms. The number of methoxy groups -OCH3 is 2. The number of hydrogen-bond donors (Lipinski definition) is 0. The van der Waals surface area contributed by atoms with Gasteiger partial charge in [0, 0.05) is 6.07 Å². The molecule has 0 aliphatic rings. The smallest absolute Gasteiger partial charge is 0.450 e. The second kappa shape index (κ2) is 10.1. The van der Waals surface area contributed by atoms with Crippen molar-refractivity contribution in [2.45, 2.75) is 32.5 Å². The van der Waals surface area contributed by atoms with Crippen LogP contribution in [0.3, 0.4) is 0 Å². The molecule has 0 amide bonds. The minimum atomic E-state index is -4.97. The lowest BCUT2D eigenvalue weighted by molar-refractivity contribution is -0.152. The fourth-order valence-electron chi connectivity index (χ4n) is 3.27. The van der Waals surface area contributed by atoms with Crippen molar-refractivity contribution in [3.63, 3.8) is 0 Å². The minimum absolute atomic E-state index is 0.0450. The summed E-state index contributed by atoms with van der Waals surface area (Å²) in [5.74, 6) is -1.60. The Kier molecular flexibility index (Phi) is 7.38. The van der Waals surface area contributed by atoms with Crippen molar-refractivity contribution in [1.82, 2.24) is 0 Å². The van der Waals surface area contributed by atoms with E-state index in [2.05, 4.69) is 0 Å². The average Bonchev–Trinajstić information content (AvgIpc) is 2.81. The van der Waals surface area contributed by atoms with Gasteiger partial charge in [-0.25, -0.2) is 4.79 Å². The Balaban J connectivity index is 2.12. The summed E-state index contributed by atoms with van der Waals surface area (Å²) in [7, 11) is 2.71. The molecule has 3 aromatic rings. The van der Waals surface area contributed by atoms with Crippen LogP contribution >= 0.6 is 0 Å². The molecule has 0 saturated carbocycles. The molecular weight excluding hydrogens is 457 g/mol. The molecule has 0 radical (unpaired) electrons. The van der Waals surface area contributed by atoms with E-state index in [4.69, 9.17) is 23.4 Å². The lowest BCUT2D eigenvalue weighted by Crippen LogP contribution is -2.26. The Bertz CT molecular complexity index is 1250. The molecule has 10 heteroatoms. The quantitative estimate of drug-likeness (QED) is 0.409. The molecule has 0 aliphatic carbocycles. The Hall–Kier alpha value is -3.69. The van der Waals surface area contributed by atoms with E-state index in [0.717, 1.165) is 6.07 Å². The van der Waals surface area contributed by atoms with Gasteiger partial charge >= 0.3 is 12.1 Å². The van der Waals surface area contributed by atoms with E-state index in [-0.39, 0.29) is 34.6 Å². The Morgan fingerprint density at radius 3 is 2.38 bits per heavy atom. The first-order chi connectivity index (χ1) is 16.1. The number of ether oxygens (including phenoxy) is 4. The molecule has 182 valence electrons. The fraction of sp³-hybridized carbons (Fsp3) is 0.333. The van der Waals surface area contributed by atoms with Gasteiger partial charge in [0.2, 0.25) is 11.2 Å². The highest BCUT2D eigenvalue weighted by Gasteiger charge is 2.39. The lowest BCUT2D eigenvalue weighted by Gasteiger charge is -2.16. The van der Waals surface area contributed by atoms with Crippen LogP contribution in [0.1, 0.15) is 26.0 Å². The number of rotatable bonds is 8. The van der Waals surface area contributed by atoms with Gasteiger partial charge in [0.25, 0.3) is 0 Å². The van der Waals surface area contributed by atoms with Crippen molar-refractivity contribution in [2.75, 3.05) is 20.8 Å². The topological polar surface area (TPSA) is 84.2 Å². The van der Waals surface area contributed by atoms with Crippen LogP contribution in [0.4, 0.5) is 13.2 Å². The van der Waals surface area contributed by atoms with Gasteiger partial charge in [-0.15, -0.1) is 0 Å². The van der Waals surface area contributed by atoms with Crippen LogP contribution in [-0.4, -0.2) is 32.9 Å². The molecule has 0 saturated heterocycles.